The summed E-state index contributed by atoms with van der Waals surface area (Å²) < 4.78 is 17.7. The van der Waals surface area contributed by atoms with Crippen molar-refractivity contribution in [2.24, 2.45) is 7.05 Å². The molecule has 38 heavy (non-hydrogen) atoms. The van der Waals surface area contributed by atoms with Crippen LogP contribution < -0.4 is 4.90 Å². The number of piperazine rings is 1. The van der Waals surface area contributed by atoms with E-state index in [1.54, 1.807) is 21.8 Å². The summed E-state index contributed by atoms with van der Waals surface area (Å²) >= 11 is 0. The van der Waals surface area contributed by atoms with Crippen LogP contribution in [0.1, 0.15) is 11.7 Å². The molecule has 5 heterocycles. The SMILES string of the molecule is Cn1cc(-c2cc(-c3ccc(N4CCN(C(=O)[C@H](O)c5ccccc5F)CC4)nc3)c3ccnn3c2)cn1. The molecule has 1 amide bonds. The van der Waals surface area contributed by atoms with Gasteiger partial charge in [-0.3, -0.25) is 9.48 Å². The molecule has 1 aliphatic heterocycles. The Bertz CT molecular complexity index is 1600. The van der Waals surface area contributed by atoms with Gasteiger partial charge in [-0.25, -0.2) is 13.9 Å². The number of hydrogen-bond donors (Lipinski definition) is 1. The number of hydrogen-bond acceptors (Lipinski definition) is 6. The van der Waals surface area contributed by atoms with Gasteiger partial charge in [0, 0.05) is 85.8 Å². The van der Waals surface area contributed by atoms with E-state index < -0.39 is 17.8 Å². The van der Waals surface area contributed by atoms with Gasteiger partial charge in [0.15, 0.2) is 6.10 Å². The number of halogens is 1. The van der Waals surface area contributed by atoms with Gasteiger partial charge in [-0.1, -0.05) is 18.2 Å². The van der Waals surface area contributed by atoms with Crippen molar-refractivity contribution in [2.45, 2.75) is 6.10 Å². The fraction of sp³-hybridized carbons (Fsp3) is 0.214. The van der Waals surface area contributed by atoms with Gasteiger partial charge in [0.05, 0.1) is 11.7 Å². The quantitative estimate of drug-likeness (QED) is 0.389. The van der Waals surface area contributed by atoms with E-state index in [-0.39, 0.29) is 5.56 Å². The number of nitrogens with zero attached hydrogens (tertiary/aromatic N) is 7. The van der Waals surface area contributed by atoms with Crippen LogP contribution in [0.15, 0.2) is 79.5 Å². The topological polar surface area (TPSA) is 91.8 Å². The Balaban J connectivity index is 1.17. The van der Waals surface area contributed by atoms with Crippen LogP contribution in [-0.4, -0.2) is 66.5 Å². The summed E-state index contributed by atoms with van der Waals surface area (Å²) in [5, 5.41) is 19.2. The van der Waals surface area contributed by atoms with Crippen LogP contribution in [0.25, 0.3) is 27.8 Å². The van der Waals surface area contributed by atoms with Crippen molar-refractivity contribution in [3.63, 3.8) is 0 Å². The number of anilines is 1. The molecule has 0 spiro atoms. The normalized spacial score (nSPS) is 14.7. The summed E-state index contributed by atoms with van der Waals surface area (Å²) in [6, 6.07) is 13.9. The summed E-state index contributed by atoms with van der Waals surface area (Å²) in [7, 11) is 1.89. The van der Waals surface area contributed by atoms with Gasteiger partial charge in [-0.2, -0.15) is 10.2 Å². The molecular formula is C28H26FN7O2. The second kappa shape index (κ2) is 9.71. The zero-order valence-electron chi connectivity index (χ0n) is 20.8. The molecule has 1 fully saturated rings. The van der Waals surface area contributed by atoms with E-state index in [1.165, 1.54) is 18.2 Å². The van der Waals surface area contributed by atoms with Crippen LogP contribution in [0.4, 0.5) is 10.2 Å². The first-order chi connectivity index (χ1) is 18.5. The van der Waals surface area contributed by atoms with Crippen molar-refractivity contribution >= 4 is 17.2 Å². The molecule has 1 aromatic carbocycles. The van der Waals surface area contributed by atoms with E-state index in [9.17, 15) is 14.3 Å². The van der Waals surface area contributed by atoms with Crippen LogP contribution in [-0.2, 0) is 11.8 Å². The Kier molecular flexibility index (Phi) is 6.09. The van der Waals surface area contributed by atoms with Crippen molar-refractivity contribution in [1.29, 1.82) is 0 Å². The van der Waals surface area contributed by atoms with E-state index in [1.807, 2.05) is 54.5 Å². The second-order valence-electron chi connectivity index (χ2n) is 9.35. The molecule has 6 rings (SSSR count). The number of aliphatic hydroxyl groups is 1. The molecule has 0 unspecified atom stereocenters. The van der Waals surface area contributed by atoms with E-state index in [2.05, 4.69) is 21.2 Å². The molecule has 1 atom stereocenters. The van der Waals surface area contributed by atoms with Gasteiger partial charge >= 0.3 is 0 Å². The summed E-state index contributed by atoms with van der Waals surface area (Å²) in [6.07, 6.45) is 7.90. The van der Waals surface area contributed by atoms with Crippen LogP contribution in [0, 0.1) is 5.82 Å². The molecule has 0 aliphatic carbocycles. The Morgan fingerprint density at radius 1 is 0.947 bits per heavy atom. The summed E-state index contributed by atoms with van der Waals surface area (Å²) in [6.45, 7) is 1.95. The maximum atomic E-state index is 14.0. The zero-order valence-corrected chi connectivity index (χ0v) is 20.8. The van der Waals surface area contributed by atoms with Crippen molar-refractivity contribution in [3.05, 3.63) is 90.9 Å². The predicted octanol–water partition coefficient (Wildman–Crippen LogP) is 3.32. The van der Waals surface area contributed by atoms with Crippen molar-refractivity contribution in [1.82, 2.24) is 29.3 Å². The first kappa shape index (κ1) is 23.8. The molecule has 192 valence electrons. The third-order valence-electron chi connectivity index (χ3n) is 6.95. The highest BCUT2D eigenvalue weighted by Gasteiger charge is 2.29. The van der Waals surface area contributed by atoms with Gasteiger partial charge in [0.1, 0.15) is 11.6 Å². The third-order valence-corrected chi connectivity index (χ3v) is 6.95. The Morgan fingerprint density at radius 3 is 2.47 bits per heavy atom. The van der Waals surface area contributed by atoms with Gasteiger partial charge in [0.2, 0.25) is 0 Å². The van der Waals surface area contributed by atoms with Crippen molar-refractivity contribution in [2.75, 3.05) is 31.1 Å². The van der Waals surface area contributed by atoms with Crippen LogP contribution in [0.5, 0.6) is 0 Å². The minimum atomic E-state index is -1.51. The largest absolute Gasteiger partial charge is 0.378 e. The maximum Gasteiger partial charge on any atom is 0.256 e. The smallest absolute Gasteiger partial charge is 0.256 e. The van der Waals surface area contributed by atoms with E-state index >= 15 is 0 Å². The summed E-state index contributed by atoms with van der Waals surface area (Å²) in [5.74, 6) is -0.268. The summed E-state index contributed by atoms with van der Waals surface area (Å²) in [5.41, 5.74) is 4.96. The number of rotatable bonds is 5. The average Bonchev–Trinajstić information content (AvgIpc) is 3.61. The predicted molar refractivity (Wildman–Crippen MR) is 141 cm³/mol. The first-order valence-corrected chi connectivity index (χ1v) is 12.4. The fourth-order valence-electron chi connectivity index (χ4n) is 4.88. The molecule has 0 bridgehead atoms. The maximum absolute atomic E-state index is 14.0. The van der Waals surface area contributed by atoms with Crippen molar-refractivity contribution < 1.29 is 14.3 Å². The van der Waals surface area contributed by atoms with Crippen molar-refractivity contribution in [3.8, 4) is 22.3 Å². The summed E-state index contributed by atoms with van der Waals surface area (Å²) in [4.78, 5) is 21.2. The third kappa shape index (κ3) is 4.39. The number of amides is 1. The highest BCUT2D eigenvalue weighted by molar-refractivity contribution is 5.84. The highest BCUT2D eigenvalue weighted by atomic mass is 19.1. The Morgan fingerprint density at radius 2 is 1.76 bits per heavy atom. The Hall–Kier alpha value is -4.57. The molecule has 0 saturated carbocycles. The van der Waals surface area contributed by atoms with E-state index in [0.29, 0.717) is 26.2 Å². The lowest BCUT2D eigenvalue weighted by Gasteiger charge is -2.36. The number of aromatic nitrogens is 5. The highest BCUT2D eigenvalue weighted by Crippen LogP contribution is 2.31. The molecule has 1 N–H and O–H groups in total. The van der Waals surface area contributed by atoms with Gasteiger partial charge in [0.25, 0.3) is 5.91 Å². The number of benzene rings is 1. The number of aliphatic hydroxyl groups excluding tert-OH is 1. The molecular weight excluding hydrogens is 485 g/mol. The zero-order chi connectivity index (χ0) is 26.2. The Labute approximate surface area is 218 Å². The van der Waals surface area contributed by atoms with Crippen LogP contribution in [0.2, 0.25) is 0 Å². The lowest BCUT2D eigenvalue weighted by Crippen LogP contribution is -2.50. The molecule has 4 aromatic heterocycles. The lowest BCUT2D eigenvalue weighted by atomic mass is 10.0. The number of pyridine rings is 2. The number of carbonyl (C=O) groups excluding carboxylic acids is 1. The molecule has 1 aliphatic rings. The standard InChI is InChI=1S/C28H26FN7O2/c1-33-17-21(16-32-33)20-14-23(25-8-9-31-36(25)18-20)19-6-7-26(30-15-19)34-10-12-35(13-11-34)28(38)27(37)22-4-2-3-5-24(22)29/h2-9,14-18,27,37H,10-13H2,1H3/t27-/m1/s1. The van der Waals surface area contributed by atoms with Crippen LogP contribution >= 0.6 is 0 Å². The lowest BCUT2D eigenvalue weighted by molar-refractivity contribution is -0.141. The number of fused-ring (bicyclic) bond motifs is 1. The van der Waals surface area contributed by atoms with Gasteiger partial charge in [-0.15, -0.1) is 0 Å². The molecule has 10 heteroatoms. The number of carbonyl (C=O) groups is 1. The molecule has 9 nitrogen and oxygen atoms in total. The molecule has 0 radical (unpaired) electrons. The fourth-order valence-corrected chi connectivity index (χ4v) is 4.88. The molecule has 1 saturated heterocycles. The van der Waals surface area contributed by atoms with Gasteiger partial charge in [-0.05, 0) is 30.3 Å². The number of aryl methyl sites for hydroxylation is 1. The molecule has 5 aromatic rings. The van der Waals surface area contributed by atoms with E-state index in [4.69, 9.17) is 4.98 Å². The minimum Gasteiger partial charge on any atom is -0.378 e. The second-order valence-corrected chi connectivity index (χ2v) is 9.35. The van der Waals surface area contributed by atoms with E-state index in [0.717, 1.165) is 33.6 Å². The average molecular weight is 512 g/mol. The monoisotopic (exact) mass is 511 g/mol. The first-order valence-electron chi connectivity index (χ1n) is 12.4. The minimum absolute atomic E-state index is 0.00271. The van der Waals surface area contributed by atoms with Gasteiger partial charge < -0.3 is 14.9 Å². The van der Waals surface area contributed by atoms with Crippen LogP contribution in [0.3, 0.4) is 0 Å².